The average Bonchev–Trinajstić information content (AvgIpc) is 2.95. The highest BCUT2D eigenvalue weighted by atomic mass is 19.4. The number of urea groups is 1. The molecule has 23 heavy (non-hydrogen) atoms. The van der Waals surface area contributed by atoms with Crippen molar-refractivity contribution in [3.63, 3.8) is 0 Å². The maximum Gasteiger partial charge on any atom is 0.413 e. The Balaban J connectivity index is 2.27. The minimum atomic E-state index is -5.00. The van der Waals surface area contributed by atoms with Crippen LogP contribution in [-0.2, 0) is 0 Å². The first-order valence-electron chi connectivity index (χ1n) is 6.94. The number of alkyl halides is 3. The highest BCUT2D eigenvalue weighted by molar-refractivity contribution is 5.75. The summed E-state index contributed by atoms with van der Waals surface area (Å²) in [5.41, 5.74) is -0.995. The molecular formula is C14H15F5N2O2. The molecule has 1 heterocycles. The van der Waals surface area contributed by atoms with Crippen LogP contribution in [-0.4, -0.2) is 41.4 Å². The van der Waals surface area contributed by atoms with Gasteiger partial charge < -0.3 is 15.3 Å². The highest BCUT2D eigenvalue weighted by Gasteiger charge is 2.45. The third-order valence-corrected chi connectivity index (χ3v) is 3.74. The number of aliphatic hydroxyl groups is 1. The van der Waals surface area contributed by atoms with Crippen LogP contribution >= 0.6 is 0 Å². The number of carbonyl (C=O) groups excluding carboxylic acids is 1. The quantitative estimate of drug-likeness (QED) is 0.833. The van der Waals surface area contributed by atoms with Gasteiger partial charge in [-0.15, -0.1) is 0 Å². The fraction of sp³-hybridized carbons (Fsp3) is 0.500. The van der Waals surface area contributed by atoms with Crippen molar-refractivity contribution in [1.29, 1.82) is 0 Å². The van der Waals surface area contributed by atoms with Crippen LogP contribution in [0.4, 0.5) is 26.7 Å². The molecule has 1 aliphatic heterocycles. The molecule has 0 radical (unpaired) electrons. The van der Waals surface area contributed by atoms with E-state index in [9.17, 15) is 26.7 Å². The number of nitrogens with zero attached hydrogens (tertiary/aromatic N) is 1. The van der Waals surface area contributed by atoms with Crippen molar-refractivity contribution in [3.05, 3.63) is 35.4 Å². The number of carbonyl (C=O) groups is 1. The van der Waals surface area contributed by atoms with Gasteiger partial charge in [-0.05, 0) is 18.9 Å². The van der Waals surface area contributed by atoms with Crippen molar-refractivity contribution in [1.82, 2.24) is 10.2 Å². The Hall–Kier alpha value is -1.90. The molecule has 2 rings (SSSR count). The predicted octanol–water partition coefficient (Wildman–Crippen LogP) is 2.73. The summed E-state index contributed by atoms with van der Waals surface area (Å²) in [5.74, 6) is -3.09. The molecule has 0 saturated carbocycles. The van der Waals surface area contributed by atoms with E-state index in [1.807, 2.05) is 0 Å². The monoisotopic (exact) mass is 338 g/mol. The lowest BCUT2D eigenvalue weighted by Crippen LogP contribution is -2.48. The first-order valence-corrected chi connectivity index (χ1v) is 6.94. The molecule has 1 aromatic carbocycles. The van der Waals surface area contributed by atoms with E-state index in [0.717, 1.165) is 17.0 Å². The normalized spacial score (nSPS) is 19.7. The summed E-state index contributed by atoms with van der Waals surface area (Å²) in [6.07, 6.45) is -3.99. The Morgan fingerprint density at radius 1 is 1.39 bits per heavy atom. The topological polar surface area (TPSA) is 52.6 Å². The zero-order valence-electron chi connectivity index (χ0n) is 11.9. The fourth-order valence-electron chi connectivity index (χ4n) is 2.58. The van der Waals surface area contributed by atoms with E-state index in [4.69, 9.17) is 5.11 Å². The molecular weight excluding hydrogens is 323 g/mol. The van der Waals surface area contributed by atoms with Crippen molar-refractivity contribution in [2.24, 2.45) is 0 Å². The molecule has 2 atom stereocenters. The Kier molecular flexibility index (Phi) is 5.08. The molecule has 1 saturated heterocycles. The SMILES string of the molecule is O=C(N[C@@H](c1cccc(F)c1F)C(F)(F)F)N1CCC[C@H]1CO. The first-order chi connectivity index (χ1) is 10.8. The molecule has 0 bridgehead atoms. The van der Waals surface area contributed by atoms with Crippen molar-refractivity contribution < 1.29 is 31.9 Å². The van der Waals surface area contributed by atoms with Gasteiger partial charge in [0.25, 0.3) is 0 Å². The number of amides is 2. The van der Waals surface area contributed by atoms with E-state index in [1.165, 1.54) is 0 Å². The third-order valence-electron chi connectivity index (χ3n) is 3.74. The van der Waals surface area contributed by atoms with Crippen LogP contribution in [0.2, 0.25) is 0 Å². The number of hydrogen-bond donors (Lipinski definition) is 2. The van der Waals surface area contributed by atoms with Crippen LogP contribution in [0.3, 0.4) is 0 Å². The molecule has 1 aromatic rings. The molecule has 2 amide bonds. The summed E-state index contributed by atoms with van der Waals surface area (Å²) in [6.45, 7) is -0.189. The van der Waals surface area contributed by atoms with Gasteiger partial charge in [-0.25, -0.2) is 13.6 Å². The summed E-state index contributed by atoms with van der Waals surface area (Å²) in [5, 5.41) is 10.8. The van der Waals surface area contributed by atoms with Crippen LogP contribution in [0.15, 0.2) is 18.2 Å². The van der Waals surface area contributed by atoms with Crippen LogP contribution in [0.1, 0.15) is 24.4 Å². The van der Waals surface area contributed by atoms with E-state index in [2.05, 4.69) is 0 Å². The van der Waals surface area contributed by atoms with Gasteiger partial charge in [0, 0.05) is 12.1 Å². The molecule has 2 N–H and O–H groups in total. The molecule has 4 nitrogen and oxygen atoms in total. The van der Waals surface area contributed by atoms with Crippen molar-refractivity contribution >= 4 is 6.03 Å². The van der Waals surface area contributed by atoms with Crippen LogP contribution < -0.4 is 5.32 Å². The molecule has 0 unspecified atom stereocenters. The van der Waals surface area contributed by atoms with E-state index < -0.39 is 41.5 Å². The average molecular weight is 338 g/mol. The van der Waals surface area contributed by atoms with E-state index in [0.29, 0.717) is 18.9 Å². The molecule has 9 heteroatoms. The Bertz CT molecular complexity index is 579. The second-order valence-corrected chi connectivity index (χ2v) is 5.24. The van der Waals surface area contributed by atoms with Gasteiger partial charge in [0.05, 0.1) is 12.6 Å². The molecule has 1 fully saturated rings. The van der Waals surface area contributed by atoms with E-state index in [-0.39, 0.29) is 13.2 Å². The van der Waals surface area contributed by atoms with Gasteiger partial charge >= 0.3 is 12.2 Å². The lowest BCUT2D eigenvalue weighted by molar-refractivity contribution is -0.156. The zero-order chi connectivity index (χ0) is 17.2. The second kappa shape index (κ2) is 6.69. The number of likely N-dealkylation sites (tertiary alicyclic amines) is 1. The fourth-order valence-corrected chi connectivity index (χ4v) is 2.58. The number of hydrogen-bond acceptors (Lipinski definition) is 2. The van der Waals surface area contributed by atoms with Crippen LogP contribution in [0.25, 0.3) is 0 Å². The number of halogens is 5. The Labute approximate surface area is 128 Å². The van der Waals surface area contributed by atoms with Crippen molar-refractivity contribution in [2.45, 2.75) is 31.1 Å². The number of benzene rings is 1. The Morgan fingerprint density at radius 3 is 2.70 bits per heavy atom. The molecule has 0 aliphatic carbocycles. The lowest BCUT2D eigenvalue weighted by atomic mass is 10.1. The minimum absolute atomic E-state index is 0.188. The molecule has 128 valence electrons. The lowest BCUT2D eigenvalue weighted by Gasteiger charge is -2.28. The Morgan fingerprint density at radius 2 is 2.09 bits per heavy atom. The number of nitrogens with one attached hydrogen (secondary N) is 1. The van der Waals surface area contributed by atoms with Gasteiger partial charge in [-0.3, -0.25) is 0 Å². The zero-order valence-corrected chi connectivity index (χ0v) is 11.9. The standard InChI is InChI=1S/C14H15F5N2O2/c15-10-5-1-4-9(11(10)16)12(14(17,18)19)20-13(23)21-6-2-3-8(21)7-22/h1,4-5,8,12,22H,2-3,6-7H2,(H,20,23)/t8-,12-/m0/s1. The highest BCUT2D eigenvalue weighted by Crippen LogP contribution is 2.35. The number of aliphatic hydroxyl groups excluding tert-OH is 1. The van der Waals surface area contributed by atoms with Gasteiger partial charge in [0.15, 0.2) is 17.7 Å². The molecule has 1 aliphatic rings. The van der Waals surface area contributed by atoms with Gasteiger partial charge in [-0.1, -0.05) is 12.1 Å². The largest absolute Gasteiger partial charge is 0.413 e. The molecule has 0 aromatic heterocycles. The van der Waals surface area contributed by atoms with E-state index in [1.54, 1.807) is 5.32 Å². The second-order valence-electron chi connectivity index (χ2n) is 5.24. The maximum absolute atomic E-state index is 13.7. The summed E-state index contributed by atoms with van der Waals surface area (Å²) in [7, 11) is 0. The smallest absolute Gasteiger partial charge is 0.394 e. The van der Waals surface area contributed by atoms with Crippen LogP contribution in [0.5, 0.6) is 0 Å². The molecule has 0 spiro atoms. The summed E-state index contributed by atoms with van der Waals surface area (Å²) < 4.78 is 66.4. The van der Waals surface area contributed by atoms with Crippen molar-refractivity contribution in [2.75, 3.05) is 13.2 Å². The summed E-state index contributed by atoms with van der Waals surface area (Å²) in [4.78, 5) is 13.1. The minimum Gasteiger partial charge on any atom is -0.394 e. The summed E-state index contributed by atoms with van der Waals surface area (Å²) in [6, 6.07) is -1.94. The maximum atomic E-state index is 13.7. The third kappa shape index (κ3) is 3.72. The predicted molar refractivity (Wildman–Crippen MR) is 70.5 cm³/mol. The summed E-state index contributed by atoms with van der Waals surface area (Å²) >= 11 is 0. The van der Waals surface area contributed by atoms with E-state index >= 15 is 0 Å². The van der Waals surface area contributed by atoms with Gasteiger partial charge in [0.1, 0.15) is 0 Å². The van der Waals surface area contributed by atoms with Gasteiger partial charge in [-0.2, -0.15) is 13.2 Å². The van der Waals surface area contributed by atoms with Crippen LogP contribution in [0, 0.1) is 11.6 Å². The number of rotatable bonds is 3. The van der Waals surface area contributed by atoms with Crippen molar-refractivity contribution in [3.8, 4) is 0 Å². The van der Waals surface area contributed by atoms with Gasteiger partial charge in [0.2, 0.25) is 0 Å². The first kappa shape index (κ1) is 17.5.